The van der Waals surface area contributed by atoms with Crippen molar-refractivity contribution in [3.05, 3.63) is 45.4 Å². The van der Waals surface area contributed by atoms with Gasteiger partial charge < -0.3 is 14.2 Å². The summed E-state index contributed by atoms with van der Waals surface area (Å²) in [5, 5.41) is 0. The molecule has 5 rings (SSSR count). The van der Waals surface area contributed by atoms with Crippen LogP contribution in [-0.2, 0) is 16.1 Å². The predicted octanol–water partition coefficient (Wildman–Crippen LogP) is 2.15. The zero-order valence-electron chi connectivity index (χ0n) is 15.6. The highest BCUT2D eigenvalue weighted by Crippen LogP contribution is 2.37. The zero-order valence-corrected chi connectivity index (χ0v) is 17.2. The maximum Gasteiger partial charge on any atom is 0.267 e. The molecule has 0 N–H and O–H groups in total. The van der Waals surface area contributed by atoms with Gasteiger partial charge in [-0.15, -0.1) is 0 Å². The molecule has 1 aromatic heterocycles. The maximum atomic E-state index is 12.9. The summed E-state index contributed by atoms with van der Waals surface area (Å²) in [4.78, 5) is 29.7. The van der Waals surface area contributed by atoms with Crippen LogP contribution in [0, 0.1) is 5.92 Å². The van der Waals surface area contributed by atoms with Gasteiger partial charge in [0.25, 0.3) is 11.5 Å². The lowest BCUT2D eigenvalue weighted by Crippen LogP contribution is -2.45. The van der Waals surface area contributed by atoms with Crippen molar-refractivity contribution in [1.29, 1.82) is 0 Å². The summed E-state index contributed by atoms with van der Waals surface area (Å²) < 4.78 is 8.22. The molecule has 3 fully saturated rings. The number of hydrogen-bond acceptors (Lipinski definition) is 6. The number of rotatable bonds is 3. The number of thiocarbonyl (C=S) groups is 1. The van der Waals surface area contributed by atoms with Crippen molar-refractivity contribution in [3.8, 4) is 0 Å². The molecule has 8 heteroatoms. The van der Waals surface area contributed by atoms with Crippen molar-refractivity contribution in [2.45, 2.75) is 37.8 Å². The van der Waals surface area contributed by atoms with E-state index in [2.05, 4.69) is 11.0 Å². The summed E-state index contributed by atoms with van der Waals surface area (Å²) in [6.07, 6.45) is 5.24. The Labute approximate surface area is 173 Å². The molecule has 28 heavy (non-hydrogen) atoms. The maximum absolute atomic E-state index is 12.9. The lowest BCUT2D eigenvalue weighted by Gasteiger charge is -2.42. The van der Waals surface area contributed by atoms with E-state index in [0.29, 0.717) is 27.6 Å². The number of ether oxygens (including phenoxy) is 1. The van der Waals surface area contributed by atoms with Crippen LogP contribution in [0.1, 0.15) is 30.9 Å². The predicted molar refractivity (Wildman–Crippen MR) is 112 cm³/mol. The van der Waals surface area contributed by atoms with Crippen molar-refractivity contribution in [2.24, 2.45) is 5.92 Å². The van der Waals surface area contributed by atoms with E-state index in [-0.39, 0.29) is 17.6 Å². The number of nitrogens with zero attached hydrogens (tertiary/aromatic N) is 3. The highest BCUT2D eigenvalue weighted by molar-refractivity contribution is 8.26. The monoisotopic (exact) mass is 417 g/mol. The number of amides is 1. The second kappa shape index (κ2) is 7.31. The van der Waals surface area contributed by atoms with Crippen molar-refractivity contribution in [3.63, 3.8) is 0 Å². The number of carbonyl (C=O) groups is 1. The molecule has 5 heterocycles. The number of pyridine rings is 1. The third-order valence-corrected chi connectivity index (χ3v) is 7.46. The van der Waals surface area contributed by atoms with Gasteiger partial charge in [-0.3, -0.25) is 14.5 Å². The standard InChI is InChI=1S/C20H23N3O3S2/c24-18-5-1-4-16-14-7-13(9-22(16)18)8-21(10-14)12-17-19(25)23(20(27)28-17)11-15-3-2-6-26-15/h1,4-5,12-15H,2-3,6-11H2/b17-12-/t13-,14-,15-/m0/s1. The second-order valence-corrected chi connectivity index (χ2v) is 9.74. The van der Waals surface area contributed by atoms with Gasteiger partial charge in [0.1, 0.15) is 4.32 Å². The van der Waals surface area contributed by atoms with Crippen molar-refractivity contribution < 1.29 is 9.53 Å². The van der Waals surface area contributed by atoms with Crippen LogP contribution in [0.25, 0.3) is 0 Å². The largest absolute Gasteiger partial charge is 0.376 e. The molecule has 2 bridgehead atoms. The molecule has 0 saturated carbocycles. The summed E-state index contributed by atoms with van der Waals surface area (Å²) >= 11 is 6.85. The molecule has 6 nitrogen and oxygen atoms in total. The van der Waals surface area contributed by atoms with Crippen molar-refractivity contribution >= 4 is 34.2 Å². The van der Waals surface area contributed by atoms with Gasteiger partial charge in [0, 0.05) is 50.1 Å². The molecule has 0 unspecified atom stereocenters. The minimum absolute atomic E-state index is 0.00199. The number of carbonyl (C=O) groups excluding carboxylic acids is 1. The summed E-state index contributed by atoms with van der Waals surface area (Å²) in [5.41, 5.74) is 1.21. The Bertz CT molecular complexity index is 906. The lowest BCUT2D eigenvalue weighted by atomic mass is 9.83. The van der Waals surface area contributed by atoms with Crippen molar-refractivity contribution in [1.82, 2.24) is 14.4 Å². The summed E-state index contributed by atoms with van der Waals surface area (Å²) in [5.74, 6) is 0.757. The van der Waals surface area contributed by atoms with Crippen LogP contribution in [0.15, 0.2) is 34.1 Å². The molecule has 3 saturated heterocycles. The zero-order chi connectivity index (χ0) is 19.3. The fourth-order valence-corrected chi connectivity index (χ4v) is 6.13. The number of thioether (sulfide) groups is 1. The van der Waals surface area contributed by atoms with Crippen LogP contribution in [0.3, 0.4) is 0 Å². The first kappa shape index (κ1) is 18.4. The first-order valence-electron chi connectivity index (χ1n) is 9.89. The highest BCUT2D eigenvalue weighted by atomic mass is 32.2. The van der Waals surface area contributed by atoms with E-state index in [0.717, 1.165) is 51.2 Å². The van der Waals surface area contributed by atoms with Gasteiger partial charge in [-0.05, 0) is 31.2 Å². The average Bonchev–Trinajstić information content (AvgIpc) is 3.27. The van der Waals surface area contributed by atoms with Gasteiger partial charge in [-0.25, -0.2) is 0 Å². The summed E-state index contributed by atoms with van der Waals surface area (Å²) in [6, 6.07) is 5.55. The van der Waals surface area contributed by atoms with E-state index in [1.54, 1.807) is 11.0 Å². The number of aromatic nitrogens is 1. The van der Waals surface area contributed by atoms with Gasteiger partial charge in [0.2, 0.25) is 0 Å². The Balaban J connectivity index is 1.32. The van der Waals surface area contributed by atoms with E-state index in [9.17, 15) is 9.59 Å². The average molecular weight is 418 g/mol. The molecular formula is C20H23N3O3S2. The van der Waals surface area contributed by atoms with Gasteiger partial charge in [0.15, 0.2) is 0 Å². The van der Waals surface area contributed by atoms with Crippen LogP contribution >= 0.6 is 24.0 Å². The first-order valence-corrected chi connectivity index (χ1v) is 11.1. The molecule has 148 valence electrons. The quantitative estimate of drug-likeness (QED) is 0.555. The Morgan fingerprint density at radius 1 is 1.25 bits per heavy atom. The fourth-order valence-electron chi connectivity index (χ4n) is 4.84. The SMILES string of the molecule is O=C1/C(=C/N2C[C@@H]3C[C@@H](C2)c2cccc(=O)n2C3)SC(=S)N1C[C@@H]1CCCO1. The van der Waals surface area contributed by atoms with Gasteiger partial charge in [0.05, 0.1) is 17.6 Å². The lowest BCUT2D eigenvalue weighted by molar-refractivity contribution is -0.123. The Hall–Kier alpha value is -1.64. The van der Waals surface area contributed by atoms with Gasteiger partial charge in [-0.2, -0.15) is 0 Å². The fraction of sp³-hybridized carbons (Fsp3) is 0.550. The van der Waals surface area contributed by atoms with Crippen LogP contribution in [0.4, 0.5) is 0 Å². The summed E-state index contributed by atoms with van der Waals surface area (Å²) in [7, 11) is 0. The molecule has 3 atom stereocenters. The number of hydrogen-bond donors (Lipinski definition) is 0. The number of fused-ring (bicyclic) bond motifs is 4. The third-order valence-electron chi connectivity index (χ3n) is 6.09. The van der Waals surface area contributed by atoms with Crippen LogP contribution in [-0.4, -0.2) is 56.9 Å². The van der Waals surface area contributed by atoms with E-state index in [1.165, 1.54) is 11.8 Å². The third kappa shape index (κ3) is 3.31. The molecule has 4 aliphatic heterocycles. The van der Waals surface area contributed by atoms with Gasteiger partial charge in [-0.1, -0.05) is 30.0 Å². The smallest absolute Gasteiger partial charge is 0.267 e. The molecule has 0 aliphatic carbocycles. The molecule has 1 amide bonds. The topological polar surface area (TPSA) is 54.8 Å². The number of piperidine rings is 1. The van der Waals surface area contributed by atoms with E-state index >= 15 is 0 Å². The minimum atomic E-state index is -0.00199. The molecule has 0 spiro atoms. The van der Waals surface area contributed by atoms with Crippen molar-refractivity contribution in [2.75, 3.05) is 26.2 Å². The Kier molecular flexibility index (Phi) is 4.80. The first-order chi connectivity index (χ1) is 13.6. The molecule has 4 aliphatic rings. The molecule has 0 aromatic carbocycles. The molecule has 0 radical (unpaired) electrons. The molecular weight excluding hydrogens is 394 g/mol. The summed E-state index contributed by atoms with van der Waals surface area (Å²) in [6.45, 7) is 3.79. The van der Waals surface area contributed by atoms with Crippen LogP contribution in [0.5, 0.6) is 0 Å². The van der Waals surface area contributed by atoms with Crippen LogP contribution < -0.4 is 5.56 Å². The molecule has 1 aromatic rings. The number of likely N-dealkylation sites (tertiary alicyclic amines) is 1. The second-order valence-electron chi connectivity index (χ2n) is 8.06. The van der Waals surface area contributed by atoms with Crippen LogP contribution in [0.2, 0.25) is 0 Å². The Morgan fingerprint density at radius 3 is 2.96 bits per heavy atom. The van der Waals surface area contributed by atoms with Gasteiger partial charge >= 0.3 is 0 Å². The van der Waals surface area contributed by atoms with E-state index in [4.69, 9.17) is 17.0 Å². The minimum Gasteiger partial charge on any atom is -0.376 e. The van der Waals surface area contributed by atoms with E-state index < -0.39 is 0 Å². The Morgan fingerprint density at radius 2 is 2.14 bits per heavy atom. The highest BCUT2D eigenvalue weighted by Gasteiger charge is 2.37. The normalized spacial score (nSPS) is 31.0. The van der Waals surface area contributed by atoms with E-state index in [1.807, 2.05) is 16.8 Å².